The molecule has 0 unspecified atom stereocenters. The molecule has 0 atom stereocenters. The molecule has 0 saturated carbocycles. The van der Waals surface area contributed by atoms with Gasteiger partial charge < -0.3 is 9.47 Å². The van der Waals surface area contributed by atoms with Gasteiger partial charge in [-0.1, -0.05) is 48.0 Å². The second-order valence-electron chi connectivity index (χ2n) is 6.46. The van der Waals surface area contributed by atoms with Gasteiger partial charge in [0.2, 0.25) is 5.90 Å². The molecule has 1 aliphatic rings. The number of aliphatic imine (C=N–C) groups is 1. The van der Waals surface area contributed by atoms with Crippen molar-refractivity contribution in [2.75, 3.05) is 6.61 Å². The molecule has 5 nitrogen and oxygen atoms in total. The van der Waals surface area contributed by atoms with E-state index in [2.05, 4.69) is 20.9 Å². The predicted molar refractivity (Wildman–Crippen MR) is 106 cm³/mol. The van der Waals surface area contributed by atoms with Crippen molar-refractivity contribution in [1.82, 2.24) is 0 Å². The van der Waals surface area contributed by atoms with E-state index in [0.29, 0.717) is 17.7 Å². The van der Waals surface area contributed by atoms with Crippen molar-refractivity contribution in [1.29, 1.82) is 0 Å². The van der Waals surface area contributed by atoms with Gasteiger partial charge in [-0.3, -0.25) is 0 Å². The number of hydrogen-bond donors (Lipinski definition) is 0. The van der Waals surface area contributed by atoms with E-state index in [0.717, 1.165) is 10.0 Å². The number of rotatable bonds is 5. The van der Waals surface area contributed by atoms with Crippen molar-refractivity contribution < 1.29 is 19.1 Å². The van der Waals surface area contributed by atoms with Crippen molar-refractivity contribution in [3.63, 3.8) is 0 Å². The van der Waals surface area contributed by atoms with Crippen molar-refractivity contribution in [2.24, 2.45) is 10.9 Å². The van der Waals surface area contributed by atoms with Crippen LogP contribution in [0.4, 0.5) is 0 Å². The molecule has 0 aliphatic carbocycles. The smallest absolute Gasteiger partial charge is 0.363 e. The van der Waals surface area contributed by atoms with Gasteiger partial charge in [0.25, 0.3) is 0 Å². The van der Waals surface area contributed by atoms with Crippen LogP contribution in [0.5, 0.6) is 0 Å². The van der Waals surface area contributed by atoms with E-state index in [1.54, 1.807) is 30.3 Å². The van der Waals surface area contributed by atoms with E-state index < -0.39 is 5.97 Å². The van der Waals surface area contributed by atoms with Gasteiger partial charge in [0.15, 0.2) is 5.70 Å². The molecule has 1 aliphatic heterocycles. The molecule has 0 N–H and O–H groups in total. The van der Waals surface area contributed by atoms with Crippen LogP contribution in [-0.4, -0.2) is 24.4 Å². The van der Waals surface area contributed by atoms with Gasteiger partial charge in [0.1, 0.15) is 0 Å². The molecule has 6 heteroatoms. The lowest BCUT2D eigenvalue weighted by Crippen LogP contribution is -2.10. The van der Waals surface area contributed by atoms with Gasteiger partial charge in [0.05, 0.1) is 12.2 Å². The van der Waals surface area contributed by atoms with Crippen LogP contribution in [0, 0.1) is 5.92 Å². The highest BCUT2D eigenvalue weighted by Gasteiger charge is 2.24. The molecule has 138 valence electrons. The van der Waals surface area contributed by atoms with Gasteiger partial charge in [-0.15, -0.1) is 0 Å². The first kappa shape index (κ1) is 19.0. The molecule has 0 amide bonds. The number of ether oxygens (including phenoxy) is 2. The fraction of sp³-hybridized carbons (Fsp3) is 0.190. The van der Waals surface area contributed by atoms with E-state index in [-0.39, 0.29) is 23.5 Å². The first-order valence-corrected chi connectivity index (χ1v) is 9.27. The van der Waals surface area contributed by atoms with Gasteiger partial charge >= 0.3 is 11.9 Å². The van der Waals surface area contributed by atoms with Crippen LogP contribution in [0.1, 0.15) is 35.3 Å². The zero-order valence-electron chi connectivity index (χ0n) is 14.9. The summed E-state index contributed by atoms with van der Waals surface area (Å²) in [5.74, 6) is -0.325. The van der Waals surface area contributed by atoms with Crippen molar-refractivity contribution in [3.05, 3.63) is 75.4 Å². The number of hydrogen-bond acceptors (Lipinski definition) is 5. The number of carbonyl (C=O) groups is 2. The Balaban J connectivity index is 1.76. The van der Waals surface area contributed by atoms with Gasteiger partial charge in [0, 0.05) is 10.0 Å². The number of carbonyl (C=O) groups excluding carboxylic acids is 2. The topological polar surface area (TPSA) is 65.0 Å². The minimum atomic E-state index is -0.509. The van der Waals surface area contributed by atoms with Crippen LogP contribution < -0.4 is 0 Å². The molecular weight excluding hydrogens is 410 g/mol. The maximum Gasteiger partial charge on any atom is 0.363 e. The van der Waals surface area contributed by atoms with E-state index in [1.165, 1.54) is 0 Å². The first-order valence-electron chi connectivity index (χ1n) is 8.48. The zero-order chi connectivity index (χ0) is 19.4. The summed E-state index contributed by atoms with van der Waals surface area (Å²) in [5.41, 5.74) is 2.12. The summed E-state index contributed by atoms with van der Waals surface area (Å²) in [7, 11) is 0. The Morgan fingerprint density at radius 2 is 1.96 bits per heavy atom. The standard InChI is InChI=1S/C21H18BrNO4/c1-13(2)12-26-20(24)15-8-6-14(7-9-15)10-18-21(25)27-19(23-18)16-4-3-5-17(22)11-16/h3-11,13H,12H2,1-2H3/b18-10-. The Kier molecular flexibility index (Phi) is 5.86. The number of benzene rings is 2. The molecule has 0 saturated heterocycles. The number of halogens is 1. The highest BCUT2D eigenvalue weighted by Crippen LogP contribution is 2.21. The number of cyclic esters (lactones) is 1. The summed E-state index contributed by atoms with van der Waals surface area (Å²) in [5, 5.41) is 0. The van der Waals surface area contributed by atoms with Crippen LogP contribution in [-0.2, 0) is 14.3 Å². The van der Waals surface area contributed by atoms with Crippen molar-refractivity contribution in [3.8, 4) is 0 Å². The SMILES string of the molecule is CC(C)COC(=O)c1ccc(/C=C2\N=C(c3cccc(Br)c3)OC2=O)cc1. The molecule has 2 aromatic carbocycles. The molecule has 0 aromatic heterocycles. The number of nitrogens with zero attached hydrogens (tertiary/aromatic N) is 1. The molecule has 0 bridgehead atoms. The third-order valence-electron chi connectivity index (χ3n) is 3.69. The van der Waals surface area contributed by atoms with Crippen LogP contribution in [0.15, 0.2) is 63.7 Å². The summed E-state index contributed by atoms with van der Waals surface area (Å²) in [4.78, 5) is 28.3. The third kappa shape index (κ3) is 4.92. The third-order valence-corrected chi connectivity index (χ3v) is 4.18. The fourth-order valence-electron chi connectivity index (χ4n) is 2.35. The molecule has 2 aromatic rings. The Labute approximate surface area is 165 Å². The largest absolute Gasteiger partial charge is 0.462 e. The Hall–Kier alpha value is -2.73. The monoisotopic (exact) mass is 427 g/mol. The molecule has 1 heterocycles. The van der Waals surface area contributed by atoms with E-state index in [4.69, 9.17) is 9.47 Å². The highest BCUT2D eigenvalue weighted by atomic mass is 79.9. The molecule has 0 fully saturated rings. The zero-order valence-corrected chi connectivity index (χ0v) is 16.5. The Morgan fingerprint density at radius 1 is 1.22 bits per heavy atom. The van der Waals surface area contributed by atoms with Crippen LogP contribution in [0.3, 0.4) is 0 Å². The highest BCUT2D eigenvalue weighted by molar-refractivity contribution is 9.10. The molecule has 0 radical (unpaired) electrons. The maximum atomic E-state index is 12.1. The molecule has 0 spiro atoms. The quantitative estimate of drug-likeness (QED) is 0.516. The average Bonchev–Trinajstić information content (AvgIpc) is 3.01. The minimum Gasteiger partial charge on any atom is -0.462 e. The lowest BCUT2D eigenvalue weighted by molar-refractivity contribution is -0.129. The molecular formula is C21H18BrNO4. The van der Waals surface area contributed by atoms with Crippen LogP contribution in [0.2, 0.25) is 0 Å². The van der Waals surface area contributed by atoms with Gasteiger partial charge in [-0.05, 0) is 47.9 Å². The maximum absolute atomic E-state index is 12.1. The van der Waals surface area contributed by atoms with Crippen LogP contribution in [0.25, 0.3) is 6.08 Å². The summed E-state index contributed by atoms with van der Waals surface area (Å²) < 4.78 is 11.3. The van der Waals surface area contributed by atoms with Gasteiger partial charge in [-0.2, -0.15) is 0 Å². The van der Waals surface area contributed by atoms with Crippen molar-refractivity contribution in [2.45, 2.75) is 13.8 Å². The summed E-state index contributed by atoms with van der Waals surface area (Å²) >= 11 is 3.38. The predicted octanol–water partition coefficient (Wildman–Crippen LogP) is 4.61. The Bertz CT molecular complexity index is 929. The second-order valence-corrected chi connectivity index (χ2v) is 7.38. The summed E-state index contributed by atoms with van der Waals surface area (Å²) in [6, 6.07) is 14.2. The van der Waals surface area contributed by atoms with Gasteiger partial charge in [-0.25, -0.2) is 14.6 Å². The van der Waals surface area contributed by atoms with E-state index in [9.17, 15) is 9.59 Å². The Morgan fingerprint density at radius 3 is 2.63 bits per heavy atom. The summed E-state index contributed by atoms with van der Waals surface area (Å²) in [6.45, 7) is 4.34. The first-order chi connectivity index (χ1) is 12.9. The lowest BCUT2D eigenvalue weighted by Gasteiger charge is -2.07. The minimum absolute atomic E-state index is 0.208. The molecule has 3 rings (SSSR count). The fourth-order valence-corrected chi connectivity index (χ4v) is 2.75. The van der Waals surface area contributed by atoms with Crippen LogP contribution >= 0.6 is 15.9 Å². The lowest BCUT2D eigenvalue weighted by atomic mass is 10.1. The average molecular weight is 428 g/mol. The van der Waals surface area contributed by atoms with E-state index in [1.807, 2.05) is 38.1 Å². The summed E-state index contributed by atoms with van der Waals surface area (Å²) in [6.07, 6.45) is 1.62. The normalized spacial score (nSPS) is 15.0. The molecule has 27 heavy (non-hydrogen) atoms. The van der Waals surface area contributed by atoms with E-state index >= 15 is 0 Å². The number of esters is 2. The second kappa shape index (κ2) is 8.31. The van der Waals surface area contributed by atoms with Crippen molar-refractivity contribution >= 4 is 39.8 Å².